The Kier molecular flexibility index (Phi) is 6.52. The molecule has 0 saturated carbocycles. The summed E-state index contributed by atoms with van der Waals surface area (Å²) in [4.78, 5) is 41.0. The van der Waals surface area contributed by atoms with E-state index in [2.05, 4.69) is 5.32 Å². The fourth-order valence-corrected chi connectivity index (χ4v) is 3.61. The molecule has 1 aromatic carbocycles. The van der Waals surface area contributed by atoms with Crippen molar-refractivity contribution in [1.82, 2.24) is 15.1 Å². The van der Waals surface area contributed by atoms with Gasteiger partial charge >= 0.3 is 6.03 Å². The topological polar surface area (TPSA) is 69.7 Å². The molecule has 27 heavy (non-hydrogen) atoms. The molecule has 0 unspecified atom stereocenters. The molecule has 0 radical (unpaired) electrons. The van der Waals surface area contributed by atoms with Crippen LogP contribution in [0.1, 0.15) is 40.2 Å². The van der Waals surface area contributed by atoms with Crippen molar-refractivity contribution in [3.05, 3.63) is 34.9 Å². The van der Waals surface area contributed by atoms with Crippen molar-refractivity contribution in [3.8, 4) is 0 Å². The average molecular weight is 394 g/mol. The molecule has 1 saturated heterocycles. The molecular weight excluding hydrogens is 366 g/mol. The number of amides is 4. The number of hydrogen-bond acceptors (Lipinski definition) is 3. The Balaban J connectivity index is 2.21. The van der Waals surface area contributed by atoms with Crippen LogP contribution < -0.4 is 5.32 Å². The largest absolute Gasteiger partial charge is 0.341 e. The average Bonchev–Trinajstić information content (AvgIpc) is 2.77. The molecule has 6 nitrogen and oxygen atoms in total. The quantitative estimate of drug-likeness (QED) is 0.723. The Morgan fingerprint density at radius 2 is 1.70 bits per heavy atom. The standard InChI is InChI=1S/C20H28ClN3O3/c1-13(2)10-23(11-14(3)4)17(25)12-24-18(26)20(5,22-19(24)27)15-8-6-7-9-16(15)21/h6-9,13-14H,10-12H2,1-5H3,(H,22,27)/t20-/m1/s1. The molecule has 0 bridgehead atoms. The number of hydrogen-bond donors (Lipinski definition) is 1. The van der Waals surface area contributed by atoms with E-state index in [4.69, 9.17) is 11.6 Å². The Bertz CT molecular complexity index is 725. The number of urea groups is 1. The highest BCUT2D eigenvalue weighted by molar-refractivity contribution is 6.32. The van der Waals surface area contributed by atoms with Crippen molar-refractivity contribution in [3.63, 3.8) is 0 Å². The summed E-state index contributed by atoms with van der Waals surface area (Å²) >= 11 is 6.23. The minimum absolute atomic E-state index is 0.232. The summed E-state index contributed by atoms with van der Waals surface area (Å²) in [6.07, 6.45) is 0. The van der Waals surface area contributed by atoms with Crippen LogP contribution >= 0.6 is 11.6 Å². The van der Waals surface area contributed by atoms with Crippen LogP contribution in [0.15, 0.2) is 24.3 Å². The van der Waals surface area contributed by atoms with Gasteiger partial charge in [0.05, 0.1) is 0 Å². The van der Waals surface area contributed by atoms with E-state index in [9.17, 15) is 14.4 Å². The highest BCUT2D eigenvalue weighted by atomic mass is 35.5. The van der Waals surface area contributed by atoms with Crippen molar-refractivity contribution < 1.29 is 14.4 Å². The van der Waals surface area contributed by atoms with Gasteiger partial charge in [0.15, 0.2) is 0 Å². The van der Waals surface area contributed by atoms with E-state index in [0.29, 0.717) is 35.5 Å². The van der Waals surface area contributed by atoms with E-state index in [1.165, 1.54) is 0 Å². The predicted molar refractivity (Wildman–Crippen MR) is 105 cm³/mol. The summed E-state index contributed by atoms with van der Waals surface area (Å²) in [5.74, 6) is -0.110. The lowest BCUT2D eigenvalue weighted by Crippen LogP contribution is -2.46. The number of carbonyl (C=O) groups excluding carboxylic acids is 3. The lowest BCUT2D eigenvalue weighted by molar-refractivity contribution is -0.139. The SMILES string of the molecule is CC(C)CN(CC(C)C)C(=O)CN1C(=O)N[C@](C)(c2ccccc2Cl)C1=O. The van der Waals surface area contributed by atoms with Gasteiger partial charge in [0.2, 0.25) is 5.91 Å². The maximum atomic E-state index is 13.0. The van der Waals surface area contributed by atoms with Crippen molar-refractivity contribution >= 4 is 29.4 Å². The van der Waals surface area contributed by atoms with Crippen LogP contribution in [0.4, 0.5) is 4.79 Å². The molecule has 4 amide bonds. The summed E-state index contributed by atoms with van der Waals surface area (Å²) in [5, 5.41) is 3.09. The van der Waals surface area contributed by atoms with E-state index in [0.717, 1.165) is 4.90 Å². The highest BCUT2D eigenvalue weighted by Crippen LogP contribution is 2.33. The second-order valence-electron chi connectivity index (χ2n) is 8.01. The van der Waals surface area contributed by atoms with E-state index in [1.807, 2.05) is 27.7 Å². The van der Waals surface area contributed by atoms with Crippen LogP contribution in [0, 0.1) is 11.8 Å². The molecule has 1 aliphatic heterocycles. The van der Waals surface area contributed by atoms with Gasteiger partial charge in [0.1, 0.15) is 12.1 Å². The molecule has 148 valence electrons. The monoisotopic (exact) mass is 393 g/mol. The zero-order valence-electron chi connectivity index (χ0n) is 16.6. The number of nitrogens with zero attached hydrogens (tertiary/aromatic N) is 2. The molecule has 0 aromatic heterocycles. The number of imide groups is 1. The Morgan fingerprint density at radius 3 is 2.22 bits per heavy atom. The first-order valence-electron chi connectivity index (χ1n) is 9.23. The maximum Gasteiger partial charge on any atom is 0.325 e. The maximum absolute atomic E-state index is 13.0. The van der Waals surface area contributed by atoms with Crippen molar-refractivity contribution in [2.75, 3.05) is 19.6 Å². The Morgan fingerprint density at radius 1 is 1.15 bits per heavy atom. The summed E-state index contributed by atoms with van der Waals surface area (Å²) in [6, 6.07) is 6.31. The van der Waals surface area contributed by atoms with Gasteiger partial charge in [-0.25, -0.2) is 4.79 Å². The van der Waals surface area contributed by atoms with Crippen LogP contribution in [-0.4, -0.2) is 47.3 Å². The number of nitrogens with one attached hydrogen (secondary N) is 1. The lowest BCUT2D eigenvalue weighted by Gasteiger charge is -2.28. The van der Waals surface area contributed by atoms with Crippen LogP contribution in [0.2, 0.25) is 5.02 Å². The number of halogens is 1. The molecule has 1 atom stereocenters. The normalized spacial score (nSPS) is 19.8. The summed E-state index contributed by atoms with van der Waals surface area (Å²) in [6.45, 7) is 10.6. The van der Waals surface area contributed by atoms with E-state index < -0.39 is 17.5 Å². The molecule has 1 fully saturated rings. The fraction of sp³-hybridized carbons (Fsp3) is 0.550. The van der Waals surface area contributed by atoms with E-state index in [-0.39, 0.29) is 12.5 Å². The van der Waals surface area contributed by atoms with Gasteiger partial charge in [0.25, 0.3) is 5.91 Å². The first kappa shape index (κ1) is 21.2. The van der Waals surface area contributed by atoms with Crippen molar-refractivity contribution in [2.45, 2.75) is 40.2 Å². The third-order valence-corrected chi connectivity index (χ3v) is 4.83. The summed E-state index contributed by atoms with van der Waals surface area (Å²) in [5.41, 5.74) is -0.766. The van der Waals surface area contributed by atoms with Gasteiger partial charge in [-0.05, 0) is 24.8 Å². The summed E-state index contributed by atoms with van der Waals surface area (Å²) < 4.78 is 0. The van der Waals surface area contributed by atoms with Gasteiger partial charge in [-0.3, -0.25) is 14.5 Å². The van der Waals surface area contributed by atoms with Crippen LogP contribution in [0.3, 0.4) is 0 Å². The third kappa shape index (κ3) is 4.61. The van der Waals surface area contributed by atoms with E-state index in [1.54, 1.807) is 36.1 Å². The van der Waals surface area contributed by atoms with Gasteiger partial charge < -0.3 is 10.2 Å². The Labute approximate surface area is 165 Å². The zero-order chi connectivity index (χ0) is 20.4. The summed E-state index contributed by atoms with van der Waals surface area (Å²) in [7, 11) is 0. The van der Waals surface area contributed by atoms with Crippen molar-refractivity contribution in [2.24, 2.45) is 11.8 Å². The minimum atomic E-state index is -1.28. The smallest absolute Gasteiger partial charge is 0.325 e. The molecule has 7 heteroatoms. The highest BCUT2D eigenvalue weighted by Gasteiger charge is 2.50. The van der Waals surface area contributed by atoms with Gasteiger partial charge in [-0.15, -0.1) is 0 Å². The number of benzene rings is 1. The van der Waals surface area contributed by atoms with Gasteiger partial charge in [-0.2, -0.15) is 0 Å². The second kappa shape index (κ2) is 8.30. The molecule has 1 aliphatic rings. The zero-order valence-corrected chi connectivity index (χ0v) is 17.3. The van der Waals surface area contributed by atoms with Crippen LogP contribution in [0.5, 0.6) is 0 Å². The van der Waals surface area contributed by atoms with Crippen LogP contribution in [-0.2, 0) is 15.1 Å². The molecule has 0 aliphatic carbocycles. The van der Waals surface area contributed by atoms with Gasteiger partial charge in [-0.1, -0.05) is 57.5 Å². The molecule has 1 N–H and O–H groups in total. The second-order valence-corrected chi connectivity index (χ2v) is 8.42. The predicted octanol–water partition coefficient (Wildman–Crippen LogP) is 3.25. The lowest BCUT2D eigenvalue weighted by atomic mass is 9.92. The molecule has 2 rings (SSSR count). The Hall–Kier alpha value is -2.08. The molecule has 1 heterocycles. The first-order chi connectivity index (χ1) is 12.6. The van der Waals surface area contributed by atoms with E-state index >= 15 is 0 Å². The minimum Gasteiger partial charge on any atom is -0.341 e. The number of carbonyl (C=O) groups is 3. The van der Waals surface area contributed by atoms with Gasteiger partial charge in [0, 0.05) is 23.7 Å². The first-order valence-corrected chi connectivity index (χ1v) is 9.61. The molecule has 0 spiro atoms. The molecular formula is C20H28ClN3O3. The van der Waals surface area contributed by atoms with Crippen molar-refractivity contribution in [1.29, 1.82) is 0 Å². The third-order valence-electron chi connectivity index (χ3n) is 4.50. The van der Waals surface area contributed by atoms with Crippen LogP contribution in [0.25, 0.3) is 0 Å². The molecule has 1 aromatic rings. The number of rotatable bonds is 7. The fourth-order valence-electron chi connectivity index (χ4n) is 3.28.